The van der Waals surface area contributed by atoms with E-state index in [1.807, 2.05) is 24.3 Å². The number of hydrogen-bond acceptors (Lipinski definition) is 4. The highest BCUT2D eigenvalue weighted by molar-refractivity contribution is 5.97. The summed E-state index contributed by atoms with van der Waals surface area (Å²) in [6, 6.07) is 8.33. The summed E-state index contributed by atoms with van der Waals surface area (Å²) in [7, 11) is 1.65. The van der Waals surface area contributed by atoms with E-state index in [-0.39, 0.29) is 5.91 Å². The van der Waals surface area contributed by atoms with E-state index < -0.39 is 5.60 Å². The van der Waals surface area contributed by atoms with Crippen molar-refractivity contribution in [1.29, 1.82) is 0 Å². The molecular weight excluding hydrogens is 352 g/mol. The van der Waals surface area contributed by atoms with Gasteiger partial charge in [-0.2, -0.15) is 0 Å². The van der Waals surface area contributed by atoms with Crippen LogP contribution in [0.5, 0.6) is 5.75 Å². The summed E-state index contributed by atoms with van der Waals surface area (Å²) in [5.74, 6) is 1.32. The minimum absolute atomic E-state index is 0.0331. The van der Waals surface area contributed by atoms with E-state index in [0.29, 0.717) is 18.6 Å². The molecule has 0 radical (unpaired) electrons. The Morgan fingerprint density at radius 2 is 1.96 bits per heavy atom. The van der Waals surface area contributed by atoms with Crippen molar-refractivity contribution in [3.05, 3.63) is 24.3 Å². The predicted molar refractivity (Wildman–Crippen MR) is 113 cm³/mol. The normalized spacial score (nSPS) is 28.7. The lowest BCUT2D eigenvalue weighted by Crippen LogP contribution is -2.47. The molecule has 1 heterocycles. The molecule has 1 aliphatic heterocycles. The zero-order valence-electron chi connectivity index (χ0n) is 17.7. The smallest absolute Gasteiger partial charge is 0.256 e. The molecule has 2 aliphatic rings. The van der Waals surface area contributed by atoms with Gasteiger partial charge in [0.15, 0.2) is 0 Å². The number of carbonyl (C=O) groups is 1. The summed E-state index contributed by atoms with van der Waals surface area (Å²) in [5.41, 5.74) is 0.0921. The van der Waals surface area contributed by atoms with Crippen molar-refractivity contribution in [1.82, 2.24) is 4.90 Å². The Morgan fingerprint density at radius 1 is 1.18 bits per heavy atom. The number of nitrogens with zero attached hydrogens (tertiary/aromatic N) is 1. The molecule has 28 heavy (non-hydrogen) atoms. The Hall–Kier alpha value is -1.59. The minimum Gasteiger partial charge on any atom is -0.492 e. The first kappa shape index (κ1) is 21.1. The molecule has 1 aromatic carbocycles. The molecule has 0 bridgehead atoms. The van der Waals surface area contributed by atoms with Gasteiger partial charge in [0, 0.05) is 25.4 Å². The molecule has 1 aromatic rings. The molecule has 1 aliphatic carbocycles. The van der Waals surface area contributed by atoms with Gasteiger partial charge in [0.05, 0.1) is 0 Å². The zero-order valence-corrected chi connectivity index (χ0v) is 17.7. The number of anilines is 1. The van der Waals surface area contributed by atoms with Crippen molar-refractivity contribution >= 4 is 11.6 Å². The highest BCUT2D eigenvalue weighted by Gasteiger charge is 2.41. The number of piperidine rings is 1. The molecule has 156 valence electrons. The highest BCUT2D eigenvalue weighted by Crippen LogP contribution is 2.35. The lowest BCUT2D eigenvalue weighted by atomic mass is 9.78. The first-order chi connectivity index (χ1) is 13.5. The average molecular weight is 389 g/mol. The summed E-state index contributed by atoms with van der Waals surface area (Å²) in [6.07, 6.45) is 7.69. The van der Waals surface area contributed by atoms with Crippen LogP contribution < -0.4 is 10.1 Å². The second kappa shape index (κ2) is 9.75. The molecule has 1 amide bonds. The van der Waals surface area contributed by atoms with Gasteiger partial charge in [-0.25, -0.2) is 0 Å². The topological polar surface area (TPSA) is 50.8 Å². The van der Waals surface area contributed by atoms with Crippen LogP contribution in [0.3, 0.4) is 0 Å². The van der Waals surface area contributed by atoms with Crippen LogP contribution in [0.15, 0.2) is 24.3 Å². The summed E-state index contributed by atoms with van der Waals surface area (Å²) >= 11 is 0. The molecular formula is C23H36N2O3. The molecule has 5 heteroatoms. The van der Waals surface area contributed by atoms with Gasteiger partial charge in [-0.05, 0) is 75.8 Å². The average Bonchev–Trinajstić information content (AvgIpc) is 2.70. The second-order valence-electron chi connectivity index (χ2n) is 8.61. The first-order valence-corrected chi connectivity index (χ1v) is 10.9. The van der Waals surface area contributed by atoms with E-state index in [1.165, 1.54) is 32.2 Å². The Bertz CT molecular complexity index is 633. The number of hydrogen-bond donors (Lipinski definition) is 1. The van der Waals surface area contributed by atoms with Gasteiger partial charge in [0.1, 0.15) is 18.0 Å². The van der Waals surface area contributed by atoms with Gasteiger partial charge >= 0.3 is 0 Å². The van der Waals surface area contributed by atoms with Gasteiger partial charge in [0.2, 0.25) is 0 Å². The fraction of sp³-hybridized carbons (Fsp3) is 0.696. The van der Waals surface area contributed by atoms with Crippen LogP contribution in [-0.2, 0) is 9.53 Å². The largest absolute Gasteiger partial charge is 0.492 e. The molecule has 0 aromatic heterocycles. The van der Waals surface area contributed by atoms with Crippen molar-refractivity contribution in [2.45, 2.75) is 70.4 Å². The van der Waals surface area contributed by atoms with E-state index in [1.54, 1.807) is 7.11 Å². The van der Waals surface area contributed by atoms with Gasteiger partial charge < -0.3 is 14.8 Å². The van der Waals surface area contributed by atoms with Crippen LogP contribution in [-0.4, -0.2) is 49.3 Å². The number of likely N-dealkylation sites (tertiary alicyclic amines) is 1. The summed E-state index contributed by atoms with van der Waals surface area (Å²) in [4.78, 5) is 15.4. The maximum atomic E-state index is 12.9. The minimum atomic E-state index is -0.696. The lowest BCUT2D eigenvalue weighted by molar-refractivity contribution is -0.143. The number of methoxy groups -OCH3 is 1. The number of nitrogens with one attached hydrogen (secondary N) is 1. The number of rotatable bonds is 7. The van der Waals surface area contributed by atoms with E-state index in [9.17, 15) is 4.79 Å². The third kappa shape index (κ3) is 5.26. The third-order valence-corrected chi connectivity index (χ3v) is 6.46. The van der Waals surface area contributed by atoms with Crippen molar-refractivity contribution in [3.63, 3.8) is 0 Å². The van der Waals surface area contributed by atoms with Crippen molar-refractivity contribution in [3.8, 4) is 5.75 Å². The highest BCUT2D eigenvalue weighted by atomic mass is 16.5. The first-order valence-electron chi connectivity index (χ1n) is 10.9. The van der Waals surface area contributed by atoms with Crippen LogP contribution in [0.1, 0.15) is 58.8 Å². The Balaban J connectivity index is 1.49. The maximum Gasteiger partial charge on any atom is 0.256 e. The lowest BCUT2D eigenvalue weighted by Gasteiger charge is -2.37. The Kier molecular flexibility index (Phi) is 7.36. The molecule has 2 fully saturated rings. The molecule has 3 rings (SSSR count). The predicted octanol–water partition coefficient (Wildman–Crippen LogP) is 4.47. The quantitative estimate of drug-likeness (QED) is 0.748. The summed E-state index contributed by atoms with van der Waals surface area (Å²) in [6.45, 7) is 7.33. The number of amides is 1. The molecule has 3 atom stereocenters. The van der Waals surface area contributed by atoms with E-state index in [4.69, 9.17) is 9.47 Å². The van der Waals surface area contributed by atoms with Crippen LogP contribution in [0, 0.1) is 5.92 Å². The van der Waals surface area contributed by atoms with E-state index >= 15 is 0 Å². The molecule has 1 saturated heterocycles. The van der Waals surface area contributed by atoms with E-state index in [2.05, 4.69) is 24.1 Å². The van der Waals surface area contributed by atoms with Gasteiger partial charge in [0.25, 0.3) is 5.91 Å². The van der Waals surface area contributed by atoms with Crippen molar-refractivity contribution < 1.29 is 14.3 Å². The van der Waals surface area contributed by atoms with Crippen LogP contribution in [0.2, 0.25) is 0 Å². The maximum absolute atomic E-state index is 12.9. The van der Waals surface area contributed by atoms with Crippen LogP contribution in [0.4, 0.5) is 5.69 Å². The fourth-order valence-corrected chi connectivity index (χ4v) is 4.64. The van der Waals surface area contributed by atoms with Crippen LogP contribution >= 0.6 is 0 Å². The van der Waals surface area contributed by atoms with Crippen molar-refractivity contribution in [2.75, 3.05) is 32.1 Å². The Morgan fingerprint density at radius 3 is 2.64 bits per heavy atom. The molecule has 1 N–H and O–H groups in total. The fourth-order valence-electron chi connectivity index (χ4n) is 4.64. The zero-order chi connectivity index (χ0) is 20.0. The van der Waals surface area contributed by atoms with Crippen molar-refractivity contribution in [2.24, 2.45) is 5.92 Å². The number of carbonyl (C=O) groups excluding carboxylic acids is 1. The standard InChI is InChI=1S/C23H36N2O3/c1-18-7-6-13-23(17-18,27-3)22(26)24-20-9-11-21(12-10-20)28-16-15-25-14-5-4-8-19(25)2/h9-12,18-19H,4-8,13-17H2,1-3H3,(H,24,26)/t18-,19-,23-/m1/s1. The third-order valence-electron chi connectivity index (χ3n) is 6.46. The van der Waals surface area contributed by atoms with Crippen LogP contribution in [0.25, 0.3) is 0 Å². The van der Waals surface area contributed by atoms with Gasteiger partial charge in [-0.15, -0.1) is 0 Å². The molecule has 5 nitrogen and oxygen atoms in total. The number of ether oxygens (including phenoxy) is 2. The summed E-state index contributed by atoms with van der Waals surface area (Å²) in [5, 5.41) is 3.04. The SMILES string of the molecule is CO[C@]1(C(=O)Nc2ccc(OCCN3CCCC[C@H]3C)cc2)CCC[C@@H](C)C1. The molecule has 1 saturated carbocycles. The van der Waals surface area contributed by atoms with E-state index in [0.717, 1.165) is 37.2 Å². The Labute approximate surface area is 169 Å². The second-order valence-corrected chi connectivity index (χ2v) is 8.61. The number of benzene rings is 1. The monoisotopic (exact) mass is 388 g/mol. The molecule has 0 spiro atoms. The molecule has 0 unspecified atom stereocenters. The summed E-state index contributed by atoms with van der Waals surface area (Å²) < 4.78 is 11.6. The van der Waals surface area contributed by atoms with Gasteiger partial charge in [-0.1, -0.05) is 19.8 Å². The van der Waals surface area contributed by atoms with Gasteiger partial charge in [-0.3, -0.25) is 9.69 Å².